The van der Waals surface area contributed by atoms with Crippen molar-refractivity contribution in [1.82, 2.24) is 9.80 Å². The molecule has 7 nitrogen and oxygen atoms in total. The van der Waals surface area contributed by atoms with Crippen LogP contribution in [0.5, 0.6) is 0 Å². The second-order valence-corrected chi connectivity index (χ2v) is 5.89. The second-order valence-electron chi connectivity index (χ2n) is 5.52. The topological polar surface area (TPSA) is 91.1 Å². The van der Waals surface area contributed by atoms with E-state index in [0.717, 1.165) is 0 Å². The zero-order chi connectivity index (χ0) is 17.0. The summed E-state index contributed by atoms with van der Waals surface area (Å²) in [5.41, 5.74) is 0. The van der Waals surface area contributed by atoms with E-state index in [9.17, 15) is 14.4 Å². The van der Waals surface area contributed by atoms with E-state index in [1.165, 1.54) is 24.0 Å². The van der Waals surface area contributed by atoms with Crippen LogP contribution in [-0.4, -0.2) is 58.4 Å². The van der Waals surface area contributed by atoms with Crippen LogP contribution in [0.25, 0.3) is 0 Å². The number of carbonyl (C=O) groups excluding carboxylic acids is 2. The predicted octanol–water partition coefficient (Wildman–Crippen LogP) is 1.86. The molecule has 2 heterocycles. The summed E-state index contributed by atoms with van der Waals surface area (Å²) in [6.07, 6.45) is 1.89. The minimum absolute atomic E-state index is 0.158. The van der Waals surface area contributed by atoms with Gasteiger partial charge >= 0.3 is 5.97 Å². The van der Waals surface area contributed by atoms with Crippen molar-refractivity contribution in [2.75, 3.05) is 19.6 Å². The lowest BCUT2D eigenvalue weighted by Crippen LogP contribution is -2.43. The maximum atomic E-state index is 12.4. The third-order valence-corrected chi connectivity index (χ3v) is 4.12. The largest absolute Gasteiger partial charge is 0.480 e. The summed E-state index contributed by atoms with van der Waals surface area (Å²) >= 11 is 5.69. The Kier molecular flexibility index (Phi) is 5.65. The number of hydrogen-bond donors (Lipinski definition) is 1. The van der Waals surface area contributed by atoms with Crippen LogP contribution < -0.4 is 0 Å². The Morgan fingerprint density at radius 1 is 1.35 bits per heavy atom. The molecule has 0 aromatic carbocycles. The Hall–Kier alpha value is -2.02. The van der Waals surface area contributed by atoms with Gasteiger partial charge in [-0.1, -0.05) is 0 Å². The molecule has 0 aliphatic carbocycles. The molecule has 1 fully saturated rings. The normalized spacial score (nSPS) is 18.3. The van der Waals surface area contributed by atoms with E-state index in [1.807, 2.05) is 0 Å². The SMILES string of the molecule is CC(=O)N(CC(=O)O)C1CCCN(C(=O)c2ccc(Cl)o2)CC1. The highest BCUT2D eigenvalue weighted by Gasteiger charge is 2.28. The van der Waals surface area contributed by atoms with E-state index in [-0.39, 0.29) is 35.4 Å². The van der Waals surface area contributed by atoms with Gasteiger partial charge in [0, 0.05) is 26.1 Å². The van der Waals surface area contributed by atoms with Crippen LogP contribution >= 0.6 is 11.6 Å². The van der Waals surface area contributed by atoms with Gasteiger partial charge in [-0.15, -0.1) is 0 Å². The second kappa shape index (κ2) is 7.50. The van der Waals surface area contributed by atoms with Crippen LogP contribution in [0.3, 0.4) is 0 Å². The maximum Gasteiger partial charge on any atom is 0.323 e. The van der Waals surface area contributed by atoms with Gasteiger partial charge in [0.05, 0.1) is 0 Å². The summed E-state index contributed by atoms with van der Waals surface area (Å²) in [7, 11) is 0. The standard InChI is InChI=1S/C15H19ClN2O5/c1-10(19)18(9-14(20)21)11-3-2-7-17(8-6-11)15(22)12-4-5-13(16)23-12/h4-5,11H,2-3,6-9H2,1H3,(H,20,21). The summed E-state index contributed by atoms with van der Waals surface area (Å²) in [4.78, 5) is 38.0. The van der Waals surface area contributed by atoms with Crippen molar-refractivity contribution in [3.63, 3.8) is 0 Å². The average molecular weight is 343 g/mol. The number of halogens is 1. The summed E-state index contributed by atoms with van der Waals surface area (Å²) < 4.78 is 5.14. The number of carbonyl (C=O) groups is 3. The third-order valence-electron chi connectivity index (χ3n) is 3.92. The molecule has 1 N–H and O–H groups in total. The molecule has 8 heteroatoms. The van der Waals surface area contributed by atoms with E-state index in [1.54, 1.807) is 4.90 Å². The highest BCUT2D eigenvalue weighted by atomic mass is 35.5. The van der Waals surface area contributed by atoms with Crippen molar-refractivity contribution >= 4 is 29.4 Å². The maximum absolute atomic E-state index is 12.4. The number of rotatable bonds is 4. The minimum Gasteiger partial charge on any atom is -0.480 e. The summed E-state index contributed by atoms with van der Waals surface area (Å²) in [5.74, 6) is -1.37. The molecule has 126 valence electrons. The van der Waals surface area contributed by atoms with Gasteiger partial charge in [0.1, 0.15) is 6.54 Å². The first-order chi connectivity index (χ1) is 10.9. The number of nitrogens with zero attached hydrogens (tertiary/aromatic N) is 2. The van der Waals surface area contributed by atoms with E-state index >= 15 is 0 Å². The number of carboxylic acid groups (broad SMARTS) is 1. The van der Waals surface area contributed by atoms with Crippen molar-refractivity contribution in [2.45, 2.75) is 32.2 Å². The number of carboxylic acids is 1. The van der Waals surface area contributed by atoms with Crippen molar-refractivity contribution in [2.24, 2.45) is 0 Å². The molecular weight excluding hydrogens is 324 g/mol. The first-order valence-corrected chi connectivity index (χ1v) is 7.80. The predicted molar refractivity (Wildman–Crippen MR) is 82.3 cm³/mol. The first kappa shape index (κ1) is 17.3. The molecule has 1 aromatic heterocycles. The van der Waals surface area contributed by atoms with Crippen molar-refractivity contribution in [3.8, 4) is 0 Å². The van der Waals surface area contributed by atoms with Gasteiger partial charge in [0.25, 0.3) is 5.91 Å². The molecule has 0 radical (unpaired) electrons. The Labute approximate surface area is 138 Å². The lowest BCUT2D eigenvalue weighted by molar-refractivity contribution is -0.145. The molecule has 1 aliphatic heterocycles. The number of furan rings is 1. The van der Waals surface area contributed by atoms with Crippen molar-refractivity contribution < 1.29 is 23.9 Å². The number of aliphatic carboxylic acids is 1. The van der Waals surface area contributed by atoms with Crippen LogP contribution in [0.2, 0.25) is 5.22 Å². The lowest BCUT2D eigenvalue weighted by Gasteiger charge is -2.28. The molecule has 2 amide bonds. The molecule has 1 unspecified atom stereocenters. The summed E-state index contributed by atoms with van der Waals surface area (Å²) in [6, 6.07) is 2.86. The van der Waals surface area contributed by atoms with E-state index in [4.69, 9.17) is 21.1 Å². The highest BCUT2D eigenvalue weighted by molar-refractivity contribution is 6.29. The zero-order valence-corrected chi connectivity index (χ0v) is 13.6. The average Bonchev–Trinajstić information content (AvgIpc) is 2.78. The molecular formula is C15H19ClN2O5. The number of amides is 2. The van der Waals surface area contributed by atoms with Gasteiger partial charge in [0.2, 0.25) is 5.91 Å². The molecule has 1 aliphatic rings. The fraction of sp³-hybridized carbons (Fsp3) is 0.533. The molecule has 23 heavy (non-hydrogen) atoms. The van der Waals surface area contributed by atoms with Crippen molar-refractivity contribution in [1.29, 1.82) is 0 Å². The van der Waals surface area contributed by atoms with Gasteiger partial charge < -0.3 is 19.3 Å². The summed E-state index contributed by atoms with van der Waals surface area (Å²) in [5, 5.41) is 9.10. The Morgan fingerprint density at radius 3 is 2.65 bits per heavy atom. The molecule has 2 rings (SSSR count). The fourth-order valence-corrected chi connectivity index (χ4v) is 2.97. The third kappa shape index (κ3) is 4.48. The molecule has 0 saturated carbocycles. The Balaban J connectivity index is 2.02. The lowest BCUT2D eigenvalue weighted by atomic mass is 10.1. The van der Waals surface area contributed by atoms with Crippen molar-refractivity contribution in [3.05, 3.63) is 23.1 Å². The molecule has 0 bridgehead atoms. The van der Waals surface area contributed by atoms with Crippen LogP contribution in [0.15, 0.2) is 16.5 Å². The Morgan fingerprint density at radius 2 is 2.09 bits per heavy atom. The number of hydrogen-bond acceptors (Lipinski definition) is 4. The van der Waals surface area contributed by atoms with Gasteiger partial charge in [0.15, 0.2) is 11.0 Å². The van der Waals surface area contributed by atoms with Gasteiger partial charge in [-0.25, -0.2) is 0 Å². The molecule has 1 saturated heterocycles. The first-order valence-electron chi connectivity index (χ1n) is 7.42. The quantitative estimate of drug-likeness (QED) is 0.901. The fourth-order valence-electron chi connectivity index (χ4n) is 2.82. The highest BCUT2D eigenvalue weighted by Crippen LogP contribution is 2.20. The van der Waals surface area contributed by atoms with Gasteiger partial charge in [-0.3, -0.25) is 14.4 Å². The van der Waals surface area contributed by atoms with Crippen LogP contribution in [0, 0.1) is 0 Å². The summed E-state index contributed by atoms with van der Waals surface area (Å²) in [6.45, 7) is 2.01. The Bertz CT molecular complexity index is 600. The van der Waals surface area contributed by atoms with Crippen LogP contribution in [0.4, 0.5) is 0 Å². The van der Waals surface area contributed by atoms with E-state index in [0.29, 0.717) is 32.4 Å². The van der Waals surface area contributed by atoms with Crippen LogP contribution in [0.1, 0.15) is 36.7 Å². The zero-order valence-electron chi connectivity index (χ0n) is 12.8. The molecule has 1 aromatic rings. The van der Waals surface area contributed by atoms with Crippen LogP contribution in [-0.2, 0) is 9.59 Å². The monoisotopic (exact) mass is 342 g/mol. The van der Waals surface area contributed by atoms with Gasteiger partial charge in [-0.2, -0.15) is 0 Å². The molecule has 1 atom stereocenters. The number of likely N-dealkylation sites (tertiary alicyclic amines) is 1. The molecule has 0 spiro atoms. The van der Waals surface area contributed by atoms with E-state index in [2.05, 4.69) is 0 Å². The van der Waals surface area contributed by atoms with Gasteiger partial charge in [-0.05, 0) is 43.0 Å². The van der Waals surface area contributed by atoms with E-state index < -0.39 is 5.97 Å². The minimum atomic E-state index is -1.04. The smallest absolute Gasteiger partial charge is 0.323 e.